The van der Waals surface area contributed by atoms with Gasteiger partial charge in [0.15, 0.2) is 5.78 Å². The van der Waals surface area contributed by atoms with Gasteiger partial charge in [-0.25, -0.2) is 0 Å². The van der Waals surface area contributed by atoms with E-state index in [0.29, 0.717) is 5.56 Å². The predicted octanol–water partition coefficient (Wildman–Crippen LogP) is 3.09. The van der Waals surface area contributed by atoms with E-state index in [9.17, 15) is 9.90 Å². The van der Waals surface area contributed by atoms with Gasteiger partial charge in [-0.05, 0) is 25.0 Å². The van der Waals surface area contributed by atoms with Crippen LogP contribution < -0.4 is 0 Å². The van der Waals surface area contributed by atoms with Gasteiger partial charge in [0, 0.05) is 9.99 Å². The van der Waals surface area contributed by atoms with Crippen LogP contribution in [0.25, 0.3) is 5.57 Å². The Hall–Kier alpha value is -0.680. The largest absolute Gasteiger partial charge is 0.382 e. The van der Waals surface area contributed by atoms with Crippen molar-refractivity contribution in [2.24, 2.45) is 0 Å². The van der Waals surface area contributed by atoms with E-state index in [2.05, 4.69) is 29.2 Å². The molecule has 0 amide bonds. The first-order chi connectivity index (χ1) is 7.36. The van der Waals surface area contributed by atoms with E-state index in [1.807, 2.05) is 12.1 Å². The van der Waals surface area contributed by atoms with Crippen LogP contribution in [0.15, 0.2) is 30.8 Å². The number of carbonyl (C=O) groups excluding carboxylic acids is 1. The molecule has 0 aliphatic carbocycles. The molecule has 16 heavy (non-hydrogen) atoms. The zero-order valence-corrected chi connectivity index (χ0v) is 11.6. The molecular formula is C13H15IO2. The van der Waals surface area contributed by atoms with Crippen LogP contribution in [0, 0.1) is 0 Å². The van der Waals surface area contributed by atoms with Crippen LogP contribution in [0.1, 0.15) is 29.8 Å². The highest BCUT2D eigenvalue weighted by Gasteiger charge is 2.24. The number of halogens is 1. The minimum atomic E-state index is -1.32. The molecule has 1 N–H and O–H groups in total. The lowest BCUT2D eigenvalue weighted by Gasteiger charge is -2.15. The van der Waals surface area contributed by atoms with Crippen molar-refractivity contribution >= 4 is 33.9 Å². The molecule has 0 radical (unpaired) electrons. The Kier molecular flexibility index (Phi) is 4.27. The van der Waals surface area contributed by atoms with Gasteiger partial charge >= 0.3 is 0 Å². The number of hydrogen-bond acceptors (Lipinski definition) is 2. The fraction of sp³-hybridized carbons (Fsp3) is 0.308. The highest BCUT2D eigenvalue weighted by atomic mass is 127. The van der Waals surface area contributed by atoms with Crippen molar-refractivity contribution in [1.82, 2.24) is 0 Å². The smallest absolute Gasteiger partial charge is 0.193 e. The molecule has 0 bridgehead atoms. The van der Waals surface area contributed by atoms with Crippen LogP contribution >= 0.6 is 22.6 Å². The van der Waals surface area contributed by atoms with Crippen LogP contribution in [0.4, 0.5) is 0 Å². The van der Waals surface area contributed by atoms with Gasteiger partial charge in [0.25, 0.3) is 0 Å². The summed E-state index contributed by atoms with van der Waals surface area (Å²) in [7, 11) is 0. The topological polar surface area (TPSA) is 37.3 Å². The minimum Gasteiger partial charge on any atom is -0.382 e. The molecule has 1 aromatic rings. The second-order valence-corrected chi connectivity index (χ2v) is 4.97. The molecule has 0 saturated carbocycles. The lowest BCUT2D eigenvalue weighted by Crippen LogP contribution is -2.30. The summed E-state index contributed by atoms with van der Waals surface area (Å²) >= 11 is 2.25. The number of benzene rings is 1. The van der Waals surface area contributed by atoms with Crippen LogP contribution in [0.5, 0.6) is 0 Å². The summed E-state index contributed by atoms with van der Waals surface area (Å²) in [6, 6.07) is 7.18. The number of allylic oxidation sites excluding steroid dienone is 1. The number of ketones is 1. The average Bonchev–Trinajstić information content (AvgIpc) is 2.26. The van der Waals surface area contributed by atoms with Crippen molar-refractivity contribution in [3.63, 3.8) is 0 Å². The molecule has 0 spiro atoms. The fourth-order valence-corrected chi connectivity index (χ4v) is 1.73. The number of hydrogen-bond donors (Lipinski definition) is 1. The summed E-state index contributed by atoms with van der Waals surface area (Å²) in [6.07, 6.45) is 0. The van der Waals surface area contributed by atoms with Crippen molar-refractivity contribution in [2.45, 2.75) is 19.4 Å². The molecule has 0 fully saturated rings. The highest BCUT2D eigenvalue weighted by molar-refractivity contribution is 14.1. The van der Waals surface area contributed by atoms with E-state index < -0.39 is 5.60 Å². The zero-order chi connectivity index (χ0) is 12.3. The molecular weight excluding hydrogens is 315 g/mol. The van der Waals surface area contributed by atoms with Crippen LogP contribution in [-0.2, 0) is 0 Å². The van der Waals surface area contributed by atoms with E-state index >= 15 is 0 Å². The summed E-state index contributed by atoms with van der Waals surface area (Å²) in [5.74, 6) is -0.265. The summed E-state index contributed by atoms with van der Waals surface area (Å²) in [5, 5.41) is 9.60. The molecule has 0 aromatic heterocycles. The summed E-state index contributed by atoms with van der Waals surface area (Å²) in [5.41, 5.74) is 1.27. The molecule has 0 atom stereocenters. The monoisotopic (exact) mass is 330 g/mol. The van der Waals surface area contributed by atoms with Gasteiger partial charge in [0.2, 0.25) is 0 Å². The Bertz CT molecular complexity index is 399. The standard InChI is InChI=1S/C13H15IO2/c1-9(8-14)10-4-6-11(7-5-10)12(15)13(2,3)16/h4-7,16H,1,8H2,2-3H3. The molecule has 0 unspecified atom stereocenters. The molecule has 1 aromatic carbocycles. The number of alkyl halides is 1. The first kappa shape index (κ1) is 13.4. The first-order valence-corrected chi connectivity index (χ1v) is 6.50. The van der Waals surface area contributed by atoms with Crippen molar-refractivity contribution < 1.29 is 9.90 Å². The summed E-state index contributed by atoms with van der Waals surface area (Å²) < 4.78 is 0.858. The van der Waals surface area contributed by atoms with E-state index in [0.717, 1.165) is 15.6 Å². The Morgan fingerprint density at radius 3 is 2.12 bits per heavy atom. The molecule has 1 rings (SSSR count). The maximum atomic E-state index is 11.7. The van der Waals surface area contributed by atoms with Gasteiger partial charge < -0.3 is 5.11 Å². The minimum absolute atomic E-state index is 0.265. The van der Waals surface area contributed by atoms with Crippen LogP contribution in [-0.4, -0.2) is 20.9 Å². The lowest BCUT2D eigenvalue weighted by molar-refractivity contribution is 0.0488. The Balaban J connectivity index is 2.96. The number of Topliss-reactive ketones (excluding diaryl/α,β-unsaturated/α-hetero) is 1. The Morgan fingerprint density at radius 2 is 1.75 bits per heavy atom. The average molecular weight is 330 g/mol. The highest BCUT2D eigenvalue weighted by Crippen LogP contribution is 2.18. The van der Waals surface area contributed by atoms with Gasteiger partial charge in [-0.1, -0.05) is 53.4 Å². The maximum absolute atomic E-state index is 11.7. The van der Waals surface area contributed by atoms with Crippen molar-refractivity contribution in [2.75, 3.05) is 4.43 Å². The Labute approximate surface area is 110 Å². The Morgan fingerprint density at radius 1 is 1.31 bits per heavy atom. The van der Waals surface area contributed by atoms with Gasteiger partial charge in [-0.3, -0.25) is 4.79 Å². The molecule has 0 aliphatic heterocycles. The molecule has 86 valence electrons. The van der Waals surface area contributed by atoms with Gasteiger partial charge in [-0.2, -0.15) is 0 Å². The van der Waals surface area contributed by atoms with Gasteiger partial charge in [-0.15, -0.1) is 0 Å². The van der Waals surface area contributed by atoms with E-state index in [-0.39, 0.29) is 5.78 Å². The van der Waals surface area contributed by atoms with Crippen LogP contribution in [0.2, 0.25) is 0 Å². The fourth-order valence-electron chi connectivity index (χ4n) is 1.29. The molecule has 2 nitrogen and oxygen atoms in total. The first-order valence-electron chi connectivity index (χ1n) is 4.97. The second-order valence-electron chi connectivity index (χ2n) is 4.20. The number of rotatable bonds is 4. The van der Waals surface area contributed by atoms with Crippen LogP contribution in [0.3, 0.4) is 0 Å². The van der Waals surface area contributed by atoms with E-state index in [1.54, 1.807) is 12.1 Å². The lowest BCUT2D eigenvalue weighted by atomic mass is 9.95. The van der Waals surface area contributed by atoms with E-state index in [4.69, 9.17) is 0 Å². The van der Waals surface area contributed by atoms with E-state index in [1.165, 1.54) is 13.8 Å². The second kappa shape index (κ2) is 5.10. The number of aliphatic hydroxyl groups is 1. The summed E-state index contributed by atoms with van der Waals surface area (Å²) in [4.78, 5) is 11.7. The maximum Gasteiger partial charge on any atom is 0.193 e. The third kappa shape index (κ3) is 3.15. The van der Waals surface area contributed by atoms with Crippen molar-refractivity contribution in [3.8, 4) is 0 Å². The predicted molar refractivity (Wildman–Crippen MR) is 75.0 cm³/mol. The van der Waals surface area contributed by atoms with Crippen molar-refractivity contribution in [1.29, 1.82) is 0 Å². The molecule has 0 saturated heterocycles. The van der Waals surface area contributed by atoms with Crippen molar-refractivity contribution in [3.05, 3.63) is 42.0 Å². The van der Waals surface area contributed by atoms with Gasteiger partial charge in [0.05, 0.1) is 0 Å². The zero-order valence-electron chi connectivity index (χ0n) is 9.46. The third-order valence-corrected chi connectivity index (χ3v) is 3.19. The quantitative estimate of drug-likeness (QED) is 0.523. The molecule has 0 aliphatic rings. The molecule has 3 heteroatoms. The SMILES string of the molecule is C=C(CI)c1ccc(C(=O)C(C)(C)O)cc1. The molecule has 0 heterocycles. The summed E-state index contributed by atoms with van der Waals surface area (Å²) in [6.45, 7) is 6.91. The third-order valence-electron chi connectivity index (χ3n) is 2.27. The number of carbonyl (C=O) groups is 1. The normalized spacial score (nSPS) is 11.2. The van der Waals surface area contributed by atoms with Gasteiger partial charge in [0.1, 0.15) is 5.60 Å².